The molecule has 0 unspecified atom stereocenters. The summed E-state index contributed by atoms with van der Waals surface area (Å²) in [6.07, 6.45) is 30.2. The number of hydrogen-bond donors (Lipinski definition) is 0. The van der Waals surface area contributed by atoms with Gasteiger partial charge in [-0.25, -0.2) is 0 Å². The minimum Gasteiger partial charge on any atom is -0.550 e. The molecule has 0 saturated heterocycles. The molecular weight excluding hydrogens is 456 g/mol. The number of allylic oxidation sites excluding steroid dienone is 4. The van der Waals surface area contributed by atoms with E-state index in [1.807, 2.05) is 0 Å². The standard InChI is InChI=1S/2C14H26O2.Fe/c2*1-2-3-4-5-6-7-8-9-10-11-12-13-14(15)16;/h2*5-6H,2-4,7-13H2,1H3,(H,15,16);/q;;+2/p-2/b2*6-5-;. The van der Waals surface area contributed by atoms with Crippen LogP contribution < -0.4 is 10.2 Å². The van der Waals surface area contributed by atoms with Gasteiger partial charge in [-0.1, -0.05) is 102 Å². The number of hydrogen-bond acceptors (Lipinski definition) is 4. The van der Waals surface area contributed by atoms with Crippen LogP contribution in [0.5, 0.6) is 0 Å². The van der Waals surface area contributed by atoms with Crippen molar-refractivity contribution in [2.45, 2.75) is 142 Å². The first-order chi connectivity index (χ1) is 15.5. The third kappa shape index (κ3) is 41.7. The van der Waals surface area contributed by atoms with Crippen molar-refractivity contribution in [3.8, 4) is 0 Å². The van der Waals surface area contributed by atoms with Crippen molar-refractivity contribution in [3.63, 3.8) is 0 Å². The topological polar surface area (TPSA) is 80.3 Å². The molecule has 4 nitrogen and oxygen atoms in total. The Labute approximate surface area is 215 Å². The monoisotopic (exact) mass is 506 g/mol. The maximum absolute atomic E-state index is 10.1. The van der Waals surface area contributed by atoms with Crippen LogP contribution >= 0.6 is 0 Å². The van der Waals surface area contributed by atoms with E-state index in [9.17, 15) is 19.8 Å². The largest absolute Gasteiger partial charge is 2.00 e. The molecule has 0 aliphatic heterocycles. The Morgan fingerprint density at radius 3 is 1.06 bits per heavy atom. The van der Waals surface area contributed by atoms with Crippen LogP contribution in [0.25, 0.3) is 0 Å². The normalized spacial score (nSPS) is 10.7. The zero-order chi connectivity index (χ0) is 24.1. The number of aliphatic carboxylic acids is 2. The maximum Gasteiger partial charge on any atom is 2.00 e. The molecule has 5 heteroatoms. The minimum absolute atomic E-state index is 0. The summed E-state index contributed by atoms with van der Waals surface area (Å²) in [5.74, 6) is -1.84. The second kappa shape index (κ2) is 33.1. The van der Waals surface area contributed by atoms with Gasteiger partial charge in [0.15, 0.2) is 0 Å². The molecule has 0 atom stereocenters. The van der Waals surface area contributed by atoms with Gasteiger partial charge in [-0.15, -0.1) is 0 Å². The van der Waals surface area contributed by atoms with E-state index in [1.54, 1.807) is 0 Å². The molecule has 0 rings (SSSR count). The van der Waals surface area contributed by atoms with E-state index in [0.29, 0.717) is 0 Å². The average Bonchev–Trinajstić information content (AvgIpc) is 2.76. The molecular formula is C28H50FeO4. The molecule has 0 N–H and O–H groups in total. The van der Waals surface area contributed by atoms with Gasteiger partial charge in [0, 0.05) is 11.9 Å². The molecule has 0 aromatic carbocycles. The van der Waals surface area contributed by atoms with Crippen molar-refractivity contribution in [2.24, 2.45) is 0 Å². The molecule has 194 valence electrons. The van der Waals surface area contributed by atoms with Crippen LogP contribution in [0, 0.1) is 0 Å². The number of rotatable bonds is 22. The summed E-state index contributed by atoms with van der Waals surface area (Å²) in [6.45, 7) is 4.42. The van der Waals surface area contributed by atoms with E-state index in [1.165, 1.54) is 77.0 Å². The Morgan fingerprint density at radius 1 is 0.485 bits per heavy atom. The molecule has 0 amide bonds. The maximum atomic E-state index is 10.1. The van der Waals surface area contributed by atoms with Crippen LogP contribution in [-0.4, -0.2) is 11.9 Å². The Balaban J connectivity index is -0.000000529. The van der Waals surface area contributed by atoms with Crippen molar-refractivity contribution >= 4 is 11.9 Å². The Kier molecular flexibility index (Phi) is 36.6. The summed E-state index contributed by atoms with van der Waals surface area (Å²) < 4.78 is 0. The van der Waals surface area contributed by atoms with E-state index < -0.39 is 11.9 Å². The fourth-order valence-corrected chi connectivity index (χ4v) is 3.24. The zero-order valence-corrected chi connectivity index (χ0v) is 22.5. The molecule has 0 heterocycles. The fraction of sp³-hybridized carbons (Fsp3) is 0.786. The van der Waals surface area contributed by atoms with Crippen LogP contribution in [-0.2, 0) is 26.7 Å². The summed E-state index contributed by atoms with van der Waals surface area (Å²) in [4.78, 5) is 20.3. The fourth-order valence-electron chi connectivity index (χ4n) is 3.24. The van der Waals surface area contributed by atoms with Crippen LogP contribution in [0.15, 0.2) is 24.3 Å². The smallest absolute Gasteiger partial charge is 0.550 e. The van der Waals surface area contributed by atoms with Crippen LogP contribution in [0.3, 0.4) is 0 Å². The van der Waals surface area contributed by atoms with Crippen molar-refractivity contribution in [2.75, 3.05) is 0 Å². The van der Waals surface area contributed by atoms with Crippen molar-refractivity contribution < 1.29 is 36.9 Å². The summed E-state index contributed by atoms with van der Waals surface area (Å²) in [5, 5.41) is 20.3. The summed E-state index contributed by atoms with van der Waals surface area (Å²) in [6, 6.07) is 0. The van der Waals surface area contributed by atoms with Gasteiger partial charge >= 0.3 is 17.1 Å². The zero-order valence-electron chi connectivity index (χ0n) is 21.4. The summed E-state index contributed by atoms with van der Waals surface area (Å²) in [7, 11) is 0. The van der Waals surface area contributed by atoms with Crippen LogP contribution in [0.1, 0.15) is 142 Å². The molecule has 0 aliphatic carbocycles. The molecule has 0 spiro atoms. The molecule has 0 aliphatic rings. The molecule has 33 heavy (non-hydrogen) atoms. The molecule has 0 aromatic rings. The number of carbonyl (C=O) groups excluding carboxylic acids is 2. The van der Waals surface area contributed by atoms with E-state index in [4.69, 9.17) is 0 Å². The average molecular weight is 507 g/mol. The van der Waals surface area contributed by atoms with Gasteiger partial charge in [-0.05, 0) is 64.2 Å². The van der Waals surface area contributed by atoms with Crippen LogP contribution in [0.2, 0.25) is 0 Å². The van der Waals surface area contributed by atoms with E-state index in [2.05, 4.69) is 38.2 Å². The third-order valence-corrected chi connectivity index (χ3v) is 5.29. The molecule has 0 saturated carbocycles. The first-order valence-electron chi connectivity index (χ1n) is 13.2. The van der Waals surface area contributed by atoms with Gasteiger partial charge in [0.1, 0.15) is 0 Å². The number of carboxylic acids is 2. The van der Waals surface area contributed by atoms with Crippen molar-refractivity contribution in [3.05, 3.63) is 24.3 Å². The third-order valence-electron chi connectivity index (χ3n) is 5.29. The molecule has 0 fully saturated rings. The Hall–Kier alpha value is -1.06. The van der Waals surface area contributed by atoms with Gasteiger partial charge in [0.05, 0.1) is 0 Å². The number of carbonyl (C=O) groups is 2. The van der Waals surface area contributed by atoms with E-state index >= 15 is 0 Å². The Bertz CT molecular complexity index is 419. The molecule has 0 aromatic heterocycles. The van der Waals surface area contributed by atoms with E-state index in [-0.39, 0.29) is 29.9 Å². The SMILES string of the molecule is CCCC/C=C\CCCCCCCC(=O)[O-].CCCC/C=C\CCCCCCCC(=O)[O-].[Fe+2]. The van der Waals surface area contributed by atoms with Crippen molar-refractivity contribution in [1.29, 1.82) is 0 Å². The predicted molar refractivity (Wildman–Crippen MR) is 132 cm³/mol. The quantitative estimate of drug-likeness (QED) is 0.0964. The van der Waals surface area contributed by atoms with Crippen LogP contribution in [0.4, 0.5) is 0 Å². The number of carboxylic acid groups (broad SMARTS) is 2. The molecule has 0 bridgehead atoms. The van der Waals surface area contributed by atoms with Gasteiger partial charge in [-0.3, -0.25) is 0 Å². The van der Waals surface area contributed by atoms with E-state index in [0.717, 1.165) is 38.5 Å². The van der Waals surface area contributed by atoms with Gasteiger partial charge < -0.3 is 19.8 Å². The first-order valence-corrected chi connectivity index (χ1v) is 13.2. The van der Waals surface area contributed by atoms with Gasteiger partial charge in [0.2, 0.25) is 0 Å². The minimum atomic E-state index is -0.918. The summed E-state index contributed by atoms with van der Waals surface area (Å²) in [5.41, 5.74) is 0. The summed E-state index contributed by atoms with van der Waals surface area (Å²) >= 11 is 0. The van der Waals surface area contributed by atoms with Crippen molar-refractivity contribution in [1.82, 2.24) is 0 Å². The second-order valence-corrected chi connectivity index (χ2v) is 8.58. The Morgan fingerprint density at radius 2 is 0.758 bits per heavy atom. The van der Waals surface area contributed by atoms with Gasteiger partial charge in [0.25, 0.3) is 0 Å². The van der Waals surface area contributed by atoms with Gasteiger partial charge in [-0.2, -0.15) is 0 Å². The predicted octanol–water partition coefficient (Wildman–Crippen LogP) is 6.42. The molecule has 0 radical (unpaired) electrons. The first kappa shape index (κ1) is 36.5. The second-order valence-electron chi connectivity index (χ2n) is 8.58. The number of unbranched alkanes of at least 4 members (excludes halogenated alkanes) is 14.